The van der Waals surface area contributed by atoms with Gasteiger partial charge in [0.2, 0.25) is 5.75 Å². The molecule has 0 aliphatic carbocycles. The molecule has 6 nitrogen and oxygen atoms in total. The summed E-state index contributed by atoms with van der Waals surface area (Å²) in [5.41, 5.74) is -0.427. The van der Waals surface area contributed by atoms with Crippen molar-refractivity contribution in [1.82, 2.24) is 9.97 Å². The van der Waals surface area contributed by atoms with Gasteiger partial charge in [-0.05, 0) is 19.8 Å². The zero-order valence-corrected chi connectivity index (χ0v) is 12.2. The van der Waals surface area contributed by atoms with Crippen LogP contribution in [-0.4, -0.2) is 40.9 Å². The molecule has 6 heteroatoms. The first-order valence-electron chi connectivity index (χ1n) is 6.62. The molecule has 0 aliphatic rings. The zero-order chi connectivity index (χ0) is 14.3. The van der Waals surface area contributed by atoms with Gasteiger partial charge in [0, 0.05) is 6.54 Å². The van der Waals surface area contributed by atoms with Crippen molar-refractivity contribution in [3.8, 4) is 5.75 Å². The van der Waals surface area contributed by atoms with Crippen molar-refractivity contribution in [2.24, 2.45) is 0 Å². The Kier molecular flexibility index (Phi) is 5.82. The fourth-order valence-electron chi connectivity index (χ4n) is 1.55. The second-order valence-electron chi connectivity index (χ2n) is 4.73. The molecule has 0 spiro atoms. The highest BCUT2D eigenvalue weighted by Crippen LogP contribution is 2.31. The van der Waals surface area contributed by atoms with Crippen molar-refractivity contribution in [1.29, 1.82) is 0 Å². The highest BCUT2D eigenvalue weighted by molar-refractivity contribution is 5.64. The number of anilines is 2. The molecular weight excluding hydrogens is 244 g/mol. The van der Waals surface area contributed by atoms with E-state index in [1.54, 1.807) is 7.11 Å². The van der Waals surface area contributed by atoms with E-state index in [9.17, 15) is 5.11 Å². The van der Waals surface area contributed by atoms with E-state index >= 15 is 0 Å². The van der Waals surface area contributed by atoms with Crippen molar-refractivity contribution >= 4 is 11.6 Å². The average Bonchev–Trinajstić information content (AvgIpc) is 2.45. The molecule has 19 heavy (non-hydrogen) atoms. The minimum absolute atomic E-state index is 0.0222. The Morgan fingerprint density at radius 2 is 2.00 bits per heavy atom. The molecule has 108 valence electrons. The molecule has 0 radical (unpaired) electrons. The first-order valence-corrected chi connectivity index (χ1v) is 6.62. The molecule has 1 rings (SSSR count). The maximum atomic E-state index is 9.46. The Bertz CT molecular complexity index is 394. The topological polar surface area (TPSA) is 79.3 Å². The standard InChI is InChI=1S/C13H24N4O2/c1-5-7-14-11-10(19-4)12(16-9-15-11)17-13(3,6-2)8-18/h9,18H,5-8H2,1-4H3,(H2,14,15,16,17). The van der Waals surface area contributed by atoms with Crippen molar-refractivity contribution < 1.29 is 9.84 Å². The van der Waals surface area contributed by atoms with E-state index < -0.39 is 5.54 Å². The number of methoxy groups -OCH3 is 1. The largest absolute Gasteiger partial charge is 0.490 e. The summed E-state index contributed by atoms with van der Waals surface area (Å²) < 4.78 is 5.38. The van der Waals surface area contributed by atoms with Crippen LogP contribution in [0.25, 0.3) is 0 Å². The van der Waals surface area contributed by atoms with Gasteiger partial charge in [0.15, 0.2) is 11.6 Å². The van der Waals surface area contributed by atoms with Gasteiger partial charge in [-0.15, -0.1) is 0 Å². The first-order chi connectivity index (χ1) is 9.10. The van der Waals surface area contributed by atoms with E-state index in [-0.39, 0.29) is 6.61 Å². The molecule has 0 amide bonds. The van der Waals surface area contributed by atoms with Crippen LogP contribution in [0.2, 0.25) is 0 Å². The van der Waals surface area contributed by atoms with Gasteiger partial charge in [-0.2, -0.15) is 0 Å². The molecule has 3 N–H and O–H groups in total. The minimum atomic E-state index is -0.427. The van der Waals surface area contributed by atoms with Gasteiger partial charge in [-0.1, -0.05) is 13.8 Å². The highest BCUT2D eigenvalue weighted by Gasteiger charge is 2.24. The highest BCUT2D eigenvalue weighted by atomic mass is 16.5. The van der Waals surface area contributed by atoms with Crippen molar-refractivity contribution in [2.75, 3.05) is 30.9 Å². The monoisotopic (exact) mass is 268 g/mol. The Labute approximate surface area is 114 Å². The summed E-state index contributed by atoms with van der Waals surface area (Å²) in [5, 5.41) is 15.9. The Morgan fingerprint density at radius 1 is 1.32 bits per heavy atom. The van der Waals surface area contributed by atoms with E-state index in [0.29, 0.717) is 17.4 Å². The summed E-state index contributed by atoms with van der Waals surface area (Å²) in [5.74, 6) is 1.83. The molecule has 0 aliphatic heterocycles. The van der Waals surface area contributed by atoms with E-state index in [0.717, 1.165) is 19.4 Å². The number of aromatic nitrogens is 2. The van der Waals surface area contributed by atoms with E-state index in [4.69, 9.17) is 4.74 Å². The third-order valence-corrected chi connectivity index (χ3v) is 3.10. The molecule has 0 saturated heterocycles. The lowest BCUT2D eigenvalue weighted by atomic mass is 10.0. The van der Waals surface area contributed by atoms with Crippen LogP contribution in [0, 0.1) is 0 Å². The number of aliphatic hydroxyl groups excluding tert-OH is 1. The number of rotatable bonds is 8. The average molecular weight is 268 g/mol. The SMILES string of the molecule is CCCNc1ncnc(NC(C)(CC)CO)c1OC. The minimum Gasteiger partial charge on any atom is -0.490 e. The van der Waals surface area contributed by atoms with Crippen molar-refractivity contribution in [2.45, 2.75) is 39.2 Å². The Hall–Kier alpha value is -1.56. The maximum Gasteiger partial charge on any atom is 0.204 e. The van der Waals surface area contributed by atoms with Crippen molar-refractivity contribution in [3.63, 3.8) is 0 Å². The summed E-state index contributed by atoms with van der Waals surface area (Å²) >= 11 is 0. The molecule has 1 atom stereocenters. The number of aliphatic hydroxyl groups is 1. The van der Waals surface area contributed by atoms with Crippen LogP contribution >= 0.6 is 0 Å². The first kappa shape index (κ1) is 15.5. The van der Waals surface area contributed by atoms with Crippen LogP contribution in [-0.2, 0) is 0 Å². The third-order valence-electron chi connectivity index (χ3n) is 3.10. The molecule has 0 fully saturated rings. The molecule has 0 bridgehead atoms. The Balaban J connectivity index is 3.00. The number of nitrogens with one attached hydrogen (secondary N) is 2. The van der Waals surface area contributed by atoms with Crippen LogP contribution < -0.4 is 15.4 Å². The fourth-order valence-corrected chi connectivity index (χ4v) is 1.55. The summed E-state index contributed by atoms with van der Waals surface area (Å²) in [6, 6.07) is 0. The number of nitrogens with zero attached hydrogens (tertiary/aromatic N) is 2. The molecule has 1 heterocycles. The lowest BCUT2D eigenvalue weighted by Crippen LogP contribution is -2.38. The molecular formula is C13H24N4O2. The summed E-state index contributed by atoms with van der Waals surface area (Å²) in [4.78, 5) is 8.38. The molecule has 0 saturated carbocycles. The van der Waals surface area contributed by atoms with Gasteiger partial charge in [-0.3, -0.25) is 0 Å². The van der Waals surface area contributed by atoms with Gasteiger partial charge in [0.25, 0.3) is 0 Å². The zero-order valence-electron chi connectivity index (χ0n) is 12.2. The van der Waals surface area contributed by atoms with Crippen LogP contribution in [0.1, 0.15) is 33.6 Å². The molecule has 1 aromatic heterocycles. The predicted molar refractivity (Wildman–Crippen MR) is 76.8 cm³/mol. The summed E-state index contributed by atoms with van der Waals surface area (Å²) in [6.45, 7) is 6.87. The quantitative estimate of drug-likeness (QED) is 0.668. The lowest BCUT2D eigenvalue weighted by Gasteiger charge is -2.28. The van der Waals surface area contributed by atoms with Crippen LogP contribution in [0.4, 0.5) is 11.6 Å². The van der Waals surface area contributed by atoms with Gasteiger partial charge >= 0.3 is 0 Å². The molecule has 0 aromatic carbocycles. The fraction of sp³-hybridized carbons (Fsp3) is 0.692. The van der Waals surface area contributed by atoms with Crippen LogP contribution in [0.3, 0.4) is 0 Å². The van der Waals surface area contributed by atoms with Gasteiger partial charge < -0.3 is 20.5 Å². The number of hydrogen-bond acceptors (Lipinski definition) is 6. The molecule has 1 unspecified atom stereocenters. The lowest BCUT2D eigenvalue weighted by molar-refractivity contribution is 0.218. The number of hydrogen-bond donors (Lipinski definition) is 3. The van der Waals surface area contributed by atoms with Gasteiger partial charge in [0.05, 0.1) is 19.3 Å². The number of ether oxygens (including phenoxy) is 1. The third kappa shape index (κ3) is 3.96. The van der Waals surface area contributed by atoms with Gasteiger partial charge in [-0.25, -0.2) is 9.97 Å². The second kappa shape index (κ2) is 7.13. The molecule has 1 aromatic rings. The second-order valence-corrected chi connectivity index (χ2v) is 4.73. The summed E-state index contributed by atoms with van der Waals surface area (Å²) in [6.07, 6.45) is 3.25. The smallest absolute Gasteiger partial charge is 0.204 e. The maximum absolute atomic E-state index is 9.46. The van der Waals surface area contributed by atoms with E-state index in [1.807, 2.05) is 13.8 Å². The Morgan fingerprint density at radius 3 is 2.53 bits per heavy atom. The van der Waals surface area contributed by atoms with Gasteiger partial charge in [0.1, 0.15) is 6.33 Å². The van der Waals surface area contributed by atoms with Crippen LogP contribution in [0.5, 0.6) is 5.75 Å². The van der Waals surface area contributed by atoms with Crippen LogP contribution in [0.15, 0.2) is 6.33 Å². The van der Waals surface area contributed by atoms with Crippen molar-refractivity contribution in [3.05, 3.63) is 6.33 Å². The summed E-state index contributed by atoms with van der Waals surface area (Å²) in [7, 11) is 1.59. The normalized spacial score (nSPS) is 13.7. The van der Waals surface area contributed by atoms with E-state index in [2.05, 4.69) is 27.5 Å². The van der Waals surface area contributed by atoms with E-state index in [1.165, 1.54) is 6.33 Å². The predicted octanol–water partition coefficient (Wildman–Crippen LogP) is 1.88.